The Kier molecular flexibility index (Phi) is 7.36. The van der Waals surface area contributed by atoms with Crippen LogP contribution >= 0.6 is 11.8 Å². The smallest absolute Gasteiger partial charge is 0.263 e. The normalized spacial score (nSPS) is 12.3. The van der Waals surface area contributed by atoms with Crippen molar-refractivity contribution in [3.05, 3.63) is 35.5 Å². The number of carbonyl (C=O) groups is 2. The molecular formula is C19H24N4O5S. The maximum Gasteiger partial charge on any atom is 0.263 e. The summed E-state index contributed by atoms with van der Waals surface area (Å²) in [6.45, 7) is 0.708. The number of nitrogens with one attached hydrogen (secondary N) is 2. The molecule has 0 atom stereocenters. The Balaban J connectivity index is 1.62. The van der Waals surface area contributed by atoms with Crippen molar-refractivity contribution in [1.29, 1.82) is 0 Å². The van der Waals surface area contributed by atoms with Crippen molar-refractivity contribution < 1.29 is 23.8 Å². The van der Waals surface area contributed by atoms with Crippen molar-refractivity contribution in [1.82, 2.24) is 15.1 Å². The molecule has 1 aromatic carbocycles. The summed E-state index contributed by atoms with van der Waals surface area (Å²) in [5.74, 6) is 2.71. The zero-order valence-corrected chi connectivity index (χ0v) is 17.2. The maximum absolute atomic E-state index is 12.5. The number of fused-ring (bicyclic) bond motifs is 1. The van der Waals surface area contributed by atoms with E-state index < -0.39 is 0 Å². The molecular weight excluding hydrogens is 396 g/mol. The minimum Gasteiger partial charge on any atom is -0.497 e. The third kappa shape index (κ3) is 5.64. The Labute approximate surface area is 173 Å². The Morgan fingerprint density at radius 3 is 2.83 bits per heavy atom. The Morgan fingerprint density at radius 1 is 1.21 bits per heavy atom. The number of methoxy groups -OCH3 is 2. The van der Waals surface area contributed by atoms with Crippen LogP contribution in [0.3, 0.4) is 0 Å². The lowest BCUT2D eigenvalue weighted by Gasteiger charge is -2.12. The Hall–Kier alpha value is -2.72. The van der Waals surface area contributed by atoms with Gasteiger partial charge in [-0.25, -0.2) is 4.68 Å². The van der Waals surface area contributed by atoms with Crippen LogP contribution in [0.25, 0.3) is 0 Å². The minimum absolute atomic E-state index is 0.0216. The van der Waals surface area contributed by atoms with E-state index in [9.17, 15) is 9.59 Å². The zero-order valence-electron chi connectivity index (χ0n) is 16.4. The number of nitrogens with zero attached hydrogens (tertiary/aromatic N) is 2. The number of aromatic nitrogens is 2. The van der Waals surface area contributed by atoms with Crippen molar-refractivity contribution in [2.75, 3.05) is 39.3 Å². The molecule has 0 saturated carbocycles. The number of anilines is 1. The molecule has 9 nitrogen and oxygen atoms in total. The van der Waals surface area contributed by atoms with Crippen LogP contribution in [-0.2, 0) is 32.4 Å². The summed E-state index contributed by atoms with van der Waals surface area (Å²) in [6, 6.07) is 7.03. The molecule has 1 aliphatic rings. The fourth-order valence-corrected chi connectivity index (χ4v) is 3.85. The number of hydrogen-bond donors (Lipinski definition) is 2. The molecule has 0 spiro atoms. The van der Waals surface area contributed by atoms with Crippen LogP contribution in [0.4, 0.5) is 5.82 Å². The van der Waals surface area contributed by atoms with Gasteiger partial charge in [-0.15, -0.1) is 0 Å². The van der Waals surface area contributed by atoms with Crippen LogP contribution in [0.2, 0.25) is 0 Å². The van der Waals surface area contributed by atoms with Gasteiger partial charge in [0.1, 0.15) is 23.9 Å². The predicted molar refractivity (Wildman–Crippen MR) is 109 cm³/mol. The Bertz CT molecular complexity index is 870. The summed E-state index contributed by atoms with van der Waals surface area (Å²) in [7, 11) is 3.14. The predicted octanol–water partition coefficient (Wildman–Crippen LogP) is 1.42. The molecule has 0 saturated heterocycles. The van der Waals surface area contributed by atoms with Crippen LogP contribution in [0.1, 0.15) is 11.3 Å². The van der Waals surface area contributed by atoms with E-state index in [-0.39, 0.29) is 25.0 Å². The molecule has 2 heterocycles. The highest BCUT2D eigenvalue weighted by Crippen LogP contribution is 2.34. The number of ether oxygens (including phenoxy) is 3. The Morgan fingerprint density at radius 2 is 2.03 bits per heavy atom. The molecule has 29 heavy (non-hydrogen) atoms. The first-order chi connectivity index (χ1) is 14.1. The lowest BCUT2D eigenvalue weighted by molar-refractivity contribution is -0.122. The van der Waals surface area contributed by atoms with Gasteiger partial charge in [0.25, 0.3) is 5.91 Å². The van der Waals surface area contributed by atoms with Gasteiger partial charge in [0, 0.05) is 36.8 Å². The molecule has 3 rings (SSSR count). The van der Waals surface area contributed by atoms with Gasteiger partial charge in [-0.3, -0.25) is 9.59 Å². The molecule has 1 aliphatic heterocycles. The lowest BCUT2D eigenvalue weighted by Crippen LogP contribution is -2.31. The average molecular weight is 420 g/mol. The van der Waals surface area contributed by atoms with Gasteiger partial charge in [-0.05, 0) is 12.1 Å². The van der Waals surface area contributed by atoms with Gasteiger partial charge in [0.05, 0.1) is 19.4 Å². The van der Waals surface area contributed by atoms with Crippen molar-refractivity contribution in [3.63, 3.8) is 0 Å². The molecule has 1 aromatic heterocycles. The van der Waals surface area contributed by atoms with Crippen molar-refractivity contribution in [3.8, 4) is 11.5 Å². The second-order valence-electron chi connectivity index (χ2n) is 6.28. The molecule has 0 bridgehead atoms. The third-order valence-electron chi connectivity index (χ3n) is 4.21. The van der Waals surface area contributed by atoms with Gasteiger partial charge < -0.3 is 24.8 Å². The van der Waals surface area contributed by atoms with Crippen LogP contribution in [-0.4, -0.2) is 55.6 Å². The van der Waals surface area contributed by atoms with E-state index in [0.717, 1.165) is 22.8 Å². The highest BCUT2D eigenvalue weighted by atomic mass is 32.2. The summed E-state index contributed by atoms with van der Waals surface area (Å²) in [6.07, 6.45) is 0. The van der Waals surface area contributed by atoms with E-state index in [1.165, 1.54) is 4.68 Å². The molecule has 10 heteroatoms. The first-order valence-corrected chi connectivity index (χ1v) is 10.2. The standard InChI is InChI=1S/C19H24N4O5S/c1-26-7-6-20-17(24)9-23-19(15-11-29-12-16(15)22-23)21-18(25)10-28-14-5-3-4-13(8-14)27-2/h3-5,8H,6-7,9-12H2,1-2H3,(H,20,24)(H,21,25). The van der Waals surface area contributed by atoms with Gasteiger partial charge in [0.2, 0.25) is 5.91 Å². The van der Waals surface area contributed by atoms with Crippen molar-refractivity contribution in [2.45, 2.75) is 18.1 Å². The van der Waals surface area contributed by atoms with Gasteiger partial charge in [0.15, 0.2) is 6.61 Å². The average Bonchev–Trinajstić information content (AvgIpc) is 3.29. The first kappa shape index (κ1) is 21.0. The molecule has 156 valence electrons. The summed E-state index contributed by atoms with van der Waals surface area (Å²) < 4.78 is 17.2. The van der Waals surface area contributed by atoms with Crippen molar-refractivity contribution >= 4 is 29.4 Å². The monoisotopic (exact) mass is 420 g/mol. The number of thioether (sulfide) groups is 1. The molecule has 0 fully saturated rings. The number of amides is 2. The second kappa shape index (κ2) is 10.2. The van der Waals surface area contributed by atoms with E-state index in [1.807, 2.05) is 0 Å². The van der Waals surface area contributed by atoms with Gasteiger partial charge in [-0.1, -0.05) is 6.07 Å². The fourth-order valence-electron chi connectivity index (χ4n) is 2.81. The summed E-state index contributed by atoms with van der Waals surface area (Å²) in [5, 5.41) is 10.1. The highest BCUT2D eigenvalue weighted by molar-refractivity contribution is 7.98. The summed E-state index contributed by atoms with van der Waals surface area (Å²) in [4.78, 5) is 24.6. The van der Waals surface area contributed by atoms with Crippen LogP contribution in [0.15, 0.2) is 24.3 Å². The number of rotatable bonds is 10. The fraction of sp³-hybridized carbons (Fsp3) is 0.421. The first-order valence-electron chi connectivity index (χ1n) is 9.09. The topological polar surface area (TPSA) is 104 Å². The molecule has 0 unspecified atom stereocenters. The molecule has 2 amide bonds. The summed E-state index contributed by atoms with van der Waals surface area (Å²) in [5.41, 5.74) is 1.85. The SMILES string of the molecule is COCCNC(=O)Cn1nc2c(c1NC(=O)COc1cccc(OC)c1)CSC2. The second-order valence-corrected chi connectivity index (χ2v) is 7.27. The third-order valence-corrected chi connectivity index (χ3v) is 5.18. The van der Waals surface area contributed by atoms with E-state index in [2.05, 4.69) is 15.7 Å². The van der Waals surface area contributed by atoms with Gasteiger partial charge >= 0.3 is 0 Å². The lowest BCUT2D eigenvalue weighted by atomic mass is 10.3. The molecule has 2 N–H and O–H groups in total. The van der Waals surface area contributed by atoms with E-state index in [4.69, 9.17) is 14.2 Å². The van der Waals surface area contributed by atoms with E-state index in [0.29, 0.717) is 30.5 Å². The van der Waals surface area contributed by atoms with Gasteiger partial charge in [-0.2, -0.15) is 16.9 Å². The van der Waals surface area contributed by atoms with E-state index >= 15 is 0 Å². The van der Waals surface area contributed by atoms with Crippen LogP contribution < -0.4 is 20.1 Å². The molecule has 2 aromatic rings. The summed E-state index contributed by atoms with van der Waals surface area (Å²) >= 11 is 1.72. The quantitative estimate of drug-likeness (QED) is 0.560. The van der Waals surface area contributed by atoms with Crippen LogP contribution in [0, 0.1) is 0 Å². The highest BCUT2D eigenvalue weighted by Gasteiger charge is 2.25. The number of carbonyl (C=O) groups excluding carboxylic acids is 2. The van der Waals surface area contributed by atoms with E-state index in [1.54, 1.807) is 50.2 Å². The maximum atomic E-state index is 12.5. The van der Waals surface area contributed by atoms with Crippen LogP contribution in [0.5, 0.6) is 11.5 Å². The number of hydrogen-bond acceptors (Lipinski definition) is 7. The molecule has 0 radical (unpaired) electrons. The largest absolute Gasteiger partial charge is 0.497 e. The number of benzene rings is 1. The molecule has 0 aliphatic carbocycles. The minimum atomic E-state index is -0.325. The zero-order chi connectivity index (χ0) is 20.6. The van der Waals surface area contributed by atoms with Crippen molar-refractivity contribution in [2.24, 2.45) is 0 Å².